The molecule has 0 rings (SSSR count). The minimum absolute atomic E-state index is 0. The van der Waals surface area contributed by atoms with Crippen LogP contribution in [0.1, 0.15) is 0 Å². The molecule has 0 unspecified atom stereocenters. The fraction of sp³-hybridized carbons (Fsp3) is 0. The van der Waals surface area contributed by atoms with E-state index in [1.165, 1.54) is 0 Å². The second-order valence-electron chi connectivity index (χ2n) is 0.610. The number of carboxylic acid groups (broad SMARTS) is 2. The van der Waals surface area contributed by atoms with Crippen molar-refractivity contribution < 1.29 is 40.2 Å². The van der Waals surface area contributed by atoms with Gasteiger partial charge in [-0.2, -0.15) is 0 Å². The van der Waals surface area contributed by atoms with Crippen LogP contribution in [-0.2, 0) is 30.0 Å². The molecule has 9 heavy (non-hydrogen) atoms. The summed E-state index contributed by atoms with van der Waals surface area (Å²) < 4.78 is 0. The molecule has 7 heteroatoms. The number of hydrogen-bond donors (Lipinski definition) is 2. The van der Waals surface area contributed by atoms with Gasteiger partial charge in [-0.1, -0.05) is 0 Å². The number of nitrogens with zero attached hydrogens (tertiary/aromatic N) is 1. The SMILES string of the molecule is O=C(O)C(=O)O.[N-]=O.[Pd]. The normalized spacial score (nSPS) is 5.33. The van der Waals surface area contributed by atoms with Gasteiger partial charge in [-0.25, -0.2) is 9.59 Å². The van der Waals surface area contributed by atoms with Gasteiger partial charge in [0.05, 0.1) is 0 Å². The van der Waals surface area contributed by atoms with Crippen LogP contribution in [0.3, 0.4) is 0 Å². The Bertz CT molecular complexity index is 91.1. The molecule has 0 aliphatic carbocycles. The first-order valence-corrected chi connectivity index (χ1v) is 1.29. The summed E-state index contributed by atoms with van der Waals surface area (Å²) in [5.41, 5.74) is 5.75. The van der Waals surface area contributed by atoms with E-state index in [-0.39, 0.29) is 20.4 Å². The van der Waals surface area contributed by atoms with Crippen molar-refractivity contribution in [2.45, 2.75) is 0 Å². The van der Waals surface area contributed by atoms with E-state index in [1.807, 2.05) is 0 Å². The van der Waals surface area contributed by atoms with Crippen LogP contribution in [0.5, 0.6) is 0 Å². The molecule has 0 aromatic heterocycles. The molecule has 6 nitrogen and oxygen atoms in total. The van der Waals surface area contributed by atoms with Crippen LogP contribution < -0.4 is 0 Å². The topological polar surface area (TPSA) is 114 Å². The first-order valence-electron chi connectivity index (χ1n) is 1.29. The molecule has 0 amide bonds. The Morgan fingerprint density at radius 1 is 1.00 bits per heavy atom. The van der Waals surface area contributed by atoms with Crippen LogP contribution in [0.2, 0.25) is 0 Å². The third kappa shape index (κ3) is 19.0. The fourth-order valence-corrected chi connectivity index (χ4v) is 0. The number of aliphatic carboxylic acids is 2. The second kappa shape index (κ2) is 10.2. The zero-order valence-corrected chi connectivity index (χ0v) is 5.44. The summed E-state index contributed by atoms with van der Waals surface area (Å²) >= 11 is 0. The van der Waals surface area contributed by atoms with Gasteiger partial charge < -0.3 is 20.7 Å². The molecule has 0 radical (unpaired) electrons. The molecule has 0 fully saturated rings. The summed E-state index contributed by atoms with van der Waals surface area (Å²) in [6, 6.07) is 0. The third-order valence-corrected chi connectivity index (χ3v) is 0.183. The zero-order valence-electron chi connectivity index (χ0n) is 3.88. The van der Waals surface area contributed by atoms with Gasteiger partial charge in [-0.15, -0.1) is 0 Å². The van der Waals surface area contributed by atoms with Crippen LogP contribution in [0.4, 0.5) is 0 Å². The monoisotopic (exact) mass is 226 g/mol. The minimum Gasteiger partial charge on any atom is -0.577 e. The van der Waals surface area contributed by atoms with Crippen molar-refractivity contribution in [3.05, 3.63) is 10.5 Å². The van der Waals surface area contributed by atoms with Crippen molar-refractivity contribution in [1.29, 1.82) is 0 Å². The molecule has 56 valence electrons. The number of carboxylic acids is 2. The average Bonchev–Trinajstić information content (AvgIpc) is 1.72. The van der Waals surface area contributed by atoms with Crippen LogP contribution >= 0.6 is 0 Å². The number of carbonyl (C=O) groups is 2. The van der Waals surface area contributed by atoms with Gasteiger partial charge in [-0.05, 0) is 0 Å². The van der Waals surface area contributed by atoms with Gasteiger partial charge in [0.1, 0.15) is 0 Å². The predicted octanol–water partition coefficient (Wildman–Crippen LogP) is -0.525. The number of nitroso groups, excluding NO2 is 1. The summed E-state index contributed by atoms with van der Waals surface area (Å²) in [6.45, 7) is 0. The van der Waals surface area contributed by atoms with E-state index in [1.54, 1.807) is 0 Å². The summed E-state index contributed by atoms with van der Waals surface area (Å²) in [5, 5.41) is 14.8. The molecule has 0 aromatic rings. The van der Waals surface area contributed by atoms with E-state index >= 15 is 0 Å². The largest absolute Gasteiger partial charge is 0.577 e. The molecule has 2 N–H and O–H groups in total. The molecule has 0 spiro atoms. The van der Waals surface area contributed by atoms with E-state index in [2.05, 4.69) is 0 Å². The van der Waals surface area contributed by atoms with Crippen LogP contribution in [0.15, 0.2) is 0 Å². The molecular formula is C2H2NO5Pd-. The number of hydrogen-bond acceptors (Lipinski definition) is 3. The Hall–Kier alpha value is -0.798. The zero-order chi connectivity index (χ0) is 7.15. The summed E-state index contributed by atoms with van der Waals surface area (Å²) in [5.74, 6) is -3.65. The van der Waals surface area contributed by atoms with Gasteiger partial charge in [0.15, 0.2) is 0 Å². The van der Waals surface area contributed by atoms with Crippen molar-refractivity contribution in [1.82, 2.24) is 0 Å². The summed E-state index contributed by atoms with van der Waals surface area (Å²) in [7, 11) is 0. The Morgan fingerprint density at radius 3 is 1.11 bits per heavy atom. The van der Waals surface area contributed by atoms with E-state index in [0.29, 0.717) is 0 Å². The minimum atomic E-state index is -1.82. The van der Waals surface area contributed by atoms with Gasteiger partial charge in [0, 0.05) is 20.4 Å². The first kappa shape index (κ1) is 15.7. The van der Waals surface area contributed by atoms with Gasteiger partial charge in [0.2, 0.25) is 0 Å². The summed E-state index contributed by atoms with van der Waals surface area (Å²) in [6.07, 6.45) is 0. The van der Waals surface area contributed by atoms with Crippen molar-refractivity contribution >= 4 is 11.9 Å². The first-order chi connectivity index (χ1) is 3.64. The van der Waals surface area contributed by atoms with E-state index in [4.69, 9.17) is 30.3 Å². The molecular weight excluding hydrogens is 224 g/mol. The van der Waals surface area contributed by atoms with Gasteiger partial charge in [0.25, 0.3) is 0 Å². The maximum Gasteiger partial charge on any atom is 0.414 e. The molecule has 0 heterocycles. The molecule has 0 atom stereocenters. The quantitative estimate of drug-likeness (QED) is 0.426. The van der Waals surface area contributed by atoms with Gasteiger partial charge in [-0.3, -0.25) is 0 Å². The summed E-state index contributed by atoms with van der Waals surface area (Å²) in [4.78, 5) is 25.4. The van der Waals surface area contributed by atoms with Crippen LogP contribution in [0.25, 0.3) is 5.59 Å². The Balaban J connectivity index is -0.000000109. The second-order valence-corrected chi connectivity index (χ2v) is 0.610. The Morgan fingerprint density at radius 2 is 1.11 bits per heavy atom. The molecule has 0 aliphatic heterocycles. The van der Waals surface area contributed by atoms with E-state index < -0.39 is 11.9 Å². The molecule has 0 saturated carbocycles. The van der Waals surface area contributed by atoms with Crippen molar-refractivity contribution in [2.75, 3.05) is 0 Å². The Kier molecular flexibility index (Phi) is 17.9. The standard InChI is InChI=1S/C2H2O4.NO.Pd/c3-1(4)2(5)6;1-2;/h(H,3,4)(H,5,6);;/q;-1;. The molecule has 0 bridgehead atoms. The maximum absolute atomic E-state index is 9.10. The average molecular weight is 226 g/mol. The Labute approximate surface area is 63.3 Å². The maximum atomic E-state index is 9.10. The van der Waals surface area contributed by atoms with E-state index in [0.717, 1.165) is 0 Å². The molecule has 0 aliphatic rings. The molecule has 0 saturated heterocycles. The fourth-order valence-electron chi connectivity index (χ4n) is 0. The van der Waals surface area contributed by atoms with Gasteiger partial charge >= 0.3 is 11.9 Å². The molecule has 0 aromatic carbocycles. The van der Waals surface area contributed by atoms with Crippen LogP contribution in [-0.4, -0.2) is 22.2 Å². The third-order valence-electron chi connectivity index (χ3n) is 0.183. The smallest absolute Gasteiger partial charge is 0.414 e. The van der Waals surface area contributed by atoms with Crippen molar-refractivity contribution in [3.63, 3.8) is 0 Å². The van der Waals surface area contributed by atoms with Crippen molar-refractivity contribution in [2.24, 2.45) is 0 Å². The predicted molar refractivity (Wildman–Crippen MR) is 22.0 cm³/mol. The van der Waals surface area contributed by atoms with E-state index in [9.17, 15) is 0 Å². The number of rotatable bonds is 0. The van der Waals surface area contributed by atoms with Crippen LogP contribution in [0, 0.1) is 4.91 Å². The van der Waals surface area contributed by atoms with Crippen molar-refractivity contribution in [3.8, 4) is 0 Å².